The van der Waals surface area contributed by atoms with Crippen LogP contribution in [0.1, 0.15) is 18.1 Å². The third-order valence-electron chi connectivity index (χ3n) is 3.96. The van der Waals surface area contributed by atoms with Crippen LogP contribution in [0.5, 0.6) is 5.75 Å². The largest absolute Gasteiger partial charge is 0.482 e. The molecule has 1 amide bonds. The first-order chi connectivity index (χ1) is 13.3. The standard InChI is InChI=1S/C21H22ClNO5/c1-14-10-17(22)8-9-19(14)27-13-21(26)28-12-20(25)23-18(15(2)24)11-16-6-4-3-5-7-16/h3-10,18H,11-13H2,1-2H3,(H,23,25)/t18-/m1/s1. The summed E-state index contributed by atoms with van der Waals surface area (Å²) in [6.45, 7) is 2.38. The van der Waals surface area contributed by atoms with Crippen molar-refractivity contribution in [2.75, 3.05) is 13.2 Å². The quantitative estimate of drug-likeness (QED) is 0.651. The van der Waals surface area contributed by atoms with E-state index in [0.29, 0.717) is 17.2 Å². The van der Waals surface area contributed by atoms with Crippen LogP contribution in [0, 0.1) is 6.92 Å². The number of esters is 1. The van der Waals surface area contributed by atoms with Gasteiger partial charge in [-0.3, -0.25) is 9.59 Å². The minimum absolute atomic E-state index is 0.176. The molecule has 2 rings (SSSR count). The van der Waals surface area contributed by atoms with E-state index in [2.05, 4.69) is 5.32 Å². The molecule has 0 fully saturated rings. The molecule has 0 aromatic heterocycles. The summed E-state index contributed by atoms with van der Waals surface area (Å²) in [7, 11) is 0. The van der Waals surface area contributed by atoms with Crippen molar-refractivity contribution in [3.8, 4) is 5.75 Å². The molecule has 0 bridgehead atoms. The van der Waals surface area contributed by atoms with Crippen LogP contribution in [-0.4, -0.2) is 36.9 Å². The Balaban J connectivity index is 1.78. The van der Waals surface area contributed by atoms with Gasteiger partial charge in [-0.25, -0.2) is 4.79 Å². The number of nitrogens with one attached hydrogen (secondary N) is 1. The molecule has 0 aliphatic carbocycles. The third kappa shape index (κ3) is 7.04. The summed E-state index contributed by atoms with van der Waals surface area (Å²) in [6.07, 6.45) is 0.370. The number of rotatable bonds is 9. The van der Waals surface area contributed by atoms with Gasteiger partial charge in [0.15, 0.2) is 19.0 Å². The number of Topliss-reactive ketones (excluding diaryl/α,β-unsaturated/α-hetero) is 1. The summed E-state index contributed by atoms with van der Waals surface area (Å²) in [4.78, 5) is 35.6. The van der Waals surface area contributed by atoms with Gasteiger partial charge in [0.25, 0.3) is 5.91 Å². The van der Waals surface area contributed by atoms with Crippen LogP contribution in [0.2, 0.25) is 5.02 Å². The number of hydrogen-bond donors (Lipinski definition) is 1. The first-order valence-corrected chi connectivity index (χ1v) is 9.11. The molecule has 1 N–H and O–H groups in total. The van der Waals surface area contributed by atoms with Crippen LogP contribution in [0.3, 0.4) is 0 Å². The molecule has 2 aromatic rings. The number of carbonyl (C=O) groups is 3. The number of amides is 1. The van der Waals surface area contributed by atoms with E-state index in [1.807, 2.05) is 30.3 Å². The second-order valence-electron chi connectivity index (χ2n) is 6.28. The highest BCUT2D eigenvalue weighted by molar-refractivity contribution is 6.30. The summed E-state index contributed by atoms with van der Waals surface area (Å²) in [5, 5.41) is 3.16. The van der Waals surface area contributed by atoms with Crippen molar-refractivity contribution in [1.82, 2.24) is 5.32 Å². The highest BCUT2D eigenvalue weighted by Gasteiger charge is 2.18. The van der Waals surface area contributed by atoms with Crippen molar-refractivity contribution in [2.24, 2.45) is 0 Å². The zero-order chi connectivity index (χ0) is 20.5. The number of benzene rings is 2. The molecule has 1 atom stereocenters. The van der Waals surface area contributed by atoms with E-state index in [4.69, 9.17) is 21.1 Å². The number of hydrogen-bond acceptors (Lipinski definition) is 5. The highest BCUT2D eigenvalue weighted by atomic mass is 35.5. The lowest BCUT2D eigenvalue weighted by atomic mass is 10.0. The van der Waals surface area contributed by atoms with Crippen molar-refractivity contribution in [3.05, 3.63) is 64.7 Å². The van der Waals surface area contributed by atoms with Crippen LogP contribution < -0.4 is 10.1 Å². The molecule has 2 aromatic carbocycles. The first-order valence-electron chi connectivity index (χ1n) is 8.73. The Bertz CT molecular complexity index is 838. The van der Waals surface area contributed by atoms with Gasteiger partial charge in [-0.05, 0) is 49.6 Å². The van der Waals surface area contributed by atoms with Gasteiger partial charge in [0, 0.05) is 5.02 Å². The van der Waals surface area contributed by atoms with Crippen LogP contribution in [0.4, 0.5) is 0 Å². The van der Waals surface area contributed by atoms with E-state index in [0.717, 1.165) is 11.1 Å². The average molecular weight is 404 g/mol. The minimum atomic E-state index is -0.688. The molecule has 0 unspecified atom stereocenters. The molecule has 0 aliphatic rings. The highest BCUT2D eigenvalue weighted by Crippen LogP contribution is 2.21. The lowest BCUT2D eigenvalue weighted by molar-refractivity contribution is -0.150. The monoisotopic (exact) mass is 403 g/mol. The second kappa shape index (κ2) is 10.5. The van der Waals surface area contributed by atoms with Gasteiger partial charge in [0.05, 0.1) is 6.04 Å². The zero-order valence-electron chi connectivity index (χ0n) is 15.7. The summed E-state index contributed by atoms with van der Waals surface area (Å²) in [6, 6.07) is 13.7. The van der Waals surface area contributed by atoms with E-state index in [-0.39, 0.29) is 12.4 Å². The van der Waals surface area contributed by atoms with Crippen LogP contribution in [0.25, 0.3) is 0 Å². The Morgan fingerprint density at radius 2 is 1.79 bits per heavy atom. The van der Waals surface area contributed by atoms with Crippen molar-refractivity contribution in [2.45, 2.75) is 26.3 Å². The van der Waals surface area contributed by atoms with Crippen LogP contribution in [0.15, 0.2) is 48.5 Å². The molecule has 0 spiro atoms. The molecular weight excluding hydrogens is 382 g/mol. The van der Waals surface area contributed by atoms with Crippen molar-refractivity contribution in [3.63, 3.8) is 0 Å². The summed E-state index contributed by atoms with van der Waals surface area (Å²) >= 11 is 5.86. The summed E-state index contributed by atoms with van der Waals surface area (Å²) in [5.74, 6) is -0.908. The molecule has 0 aliphatic heterocycles. The normalized spacial score (nSPS) is 11.4. The zero-order valence-corrected chi connectivity index (χ0v) is 16.5. The van der Waals surface area contributed by atoms with Crippen molar-refractivity contribution < 1.29 is 23.9 Å². The Kier molecular flexibility index (Phi) is 8.02. The minimum Gasteiger partial charge on any atom is -0.482 e. The predicted octanol–water partition coefficient (Wildman–Crippen LogP) is 2.89. The number of carbonyl (C=O) groups excluding carboxylic acids is 3. The predicted molar refractivity (Wildman–Crippen MR) is 105 cm³/mol. The molecule has 7 heteroatoms. The van der Waals surface area contributed by atoms with E-state index in [1.165, 1.54) is 6.92 Å². The first kappa shape index (κ1) is 21.4. The topological polar surface area (TPSA) is 81.7 Å². The van der Waals surface area contributed by atoms with E-state index in [1.54, 1.807) is 25.1 Å². The molecule has 0 radical (unpaired) electrons. The van der Waals surface area contributed by atoms with E-state index in [9.17, 15) is 14.4 Å². The fourth-order valence-electron chi connectivity index (χ4n) is 2.48. The summed E-state index contributed by atoms with van der Waals surface area (Å²) in [5.41, 5.74) is 1.70. The van der Waals surface area contributed by atoms with Gasteiger partial charge in [-0.15, -0.1) is 0 Å². The van der Waals surface area contributed by atoms with Crippen molar-refractivity contribution in [1.29, 1.82) is 0 Å². The lowest BCUT2D eigenvalue weighted by Gasteiger charge is -2.16. The molecule has 0 heterocycles. The SMILES string of the molecule is CC(=O)[C@@H](Cc1ccccc1)NC(=O)COC(=O)COc1ccc(Cl)cc1C. The Morgan fingerprint density at radius 1 is 1.07 bits per heavy atom. The maximum absolute atomic E-state index is 12.0. The average Bonchev–Trinajstić information content (AvgIpc) is 2.66. The van der Waals surface area contributed by atoms with E-state index < -0.39 is 24.5 Å². The molecular formula is C21H22ClNO5. The number of ether oxygens (including phenoxy) is 2. The third-order valence-corrected chi connectivity index (χ3v) is 4.19. The summed E-state index contributed by atoms with van der Waals surface area (Å²) < 4.78 is 10.3. The fourth-order valence-corrected chi connectivity index (χ4v) is 2.71. The molecule has 0 saturated heterocycles. The molecule has 148 valence electrons. The van der Waals surface area contributed by atoms with Crippen LogP contribution >= 0.6 is 11.6 Å². The molecule has 6 nitrogen and oxygen atoms in total. The van der Waals surface area contributed by atoms with Gasteiger partial charge < -0.3 is 14.8 Å². The van der Waals surface area contributed by atoms with Gasteiger partial charge in [0.2, 0.25) is 0 Å². The van der Waals surface area contributed by atoms with Gasteiger partial charge in [-0.1, -0.05) is 41.9 Å². The van der Waals surface area contributed by atoms with Gasteiger partial charge >= 0.3 is 5.97 Å². The maximum Gasteiger partial charge on any atom is 0.344 e. The van der Waals surface area contributed by atoms with Crippen LogP contribution in [-0.2, 0) is 25.5 Å². The van der Waals surface area contributed by atoms with Gasteiger partial charge in [-0.2, -0.15) is 0 Å². The Hall–Kier alpha value is -2.86. The number of ketones is 1. The molecule has 28 heavy (non-hydrogen) atoms. The number of aryl methyl sites for hydroxylation is 1. The Morgan fingerprint density at radius 3 is 2.43 bits per heavy atom. The van der Waals surface area contributed by atoms with E-state index >= 15 is 0 Å². The maximum atomic E-state index is 12.0. The second-order valence-corrected chi connectivity index (χ2v) is 6.72. The number of halogens is 1. The molecule has 0 saturated carbocycles. The van der Waals surface area contributed by atoms with Crippen molar-refractivity contribution >= 4 is 29.3 Å². The Labute approximate surface area is 168 Å². The smallest absolute Gasteiger partial charge is 0.344 e. The lowest BCUT2D eigenvalue weighted by Crippen LogP contribution is -2.43. The fraction of sp³-hybridized carbons (Fsp3) is 0.286. The van der Waals surface area contributed by atoms with Gasteiger partial charge in [0.1, 0.15) is 5.75 Å².